The predicted molar refractivity (Wildman–Crippen MR) is 72.6 cm³/mol. The van der Waals surface area contributed by atoms with Gasteiger partial charge in [0.15, 0.2) is 0 Å². The van der Waals surface area contributed by atoms with Gasteiger partial charge in [-0.25, -0.2) is 0 Å². The third-order valence-electron chi connectivity index (χ3n) is 2.58. The molecule has 2 aromatic carbocycles. The number of anilines is 2. The minimum Gasteiger partial charge on any atom is -0.350 e. The fourth-order valence-corrected chi connectivity index (χ4v) is 1.90. The number of para-hydroxylation sites is 2. The number of halogens is 1. The average Bonchev–Trinajstić information content (AvgIpc) is 2.31. The third kappa shape index (κ3) is 2.43. The van der Waals surface area contributed by atoms with Crippen molar-refractivity contribution in [3.8, 4) is 0 Å². The standard InChI is InChI=1S/C13H11ClN2O2/c1-9-5-2-3-7-11(9)15-12-8-4-6-10(14)13(12)16(17)18/h2-8,15H,1H3. The third-order valence-corrected chi connectivity index (χ3v) is 2.89. The fourth-order valence-electron chi connectivity index (χ4n) is 1.66. The zero-order valence-corrected chi connectivity index (χ0v) is 10.4. The number of nitro benzene ring substituents is 1. The zero-order chi connectivity index (χ0) is 13.1. The van der Waals surface area contributed by atoms with E-state index in [1.54, 1.807) is 12.1 Å². The zero-order valence-electron chi connectivity index (χ0n) is 9.68. The maximum Gasteiger partial charge on any atom is 0.311 e. The van der Waals surface area contributed by atoms with E-state index in [4.69, 9.17) is 11.6 Å². The second-order valence-corrected chi connectivity index (χ2v) is 4.24. The van der Waals surface area contributed by atoms with Crippen molar-refractivity contribution in [1.29, 1.82) is 0 Å². The highest BCUT2D eigenvalue weighted by molar-refractivity contribution is 6.33. The van der Waals surface area contributed by atoms with Crippen molar-refractivity contribution >= 4 is 28.7 Å². The summed E-state index contributed by atoms with van der Waals surface area (Å²) < 4.78 is 0. The van der Waals surface area contributed by atoms with Crippen molar-refractivity contribution in [3.63, 3.8) is 0 Å². The van der Waals surface area contributed by atoms with Gasteiger partial charge in [-0.05, 0) is 30.7 Å². The number of rotatable bonds is 3. The molecule has 2 aromatic rings. The summed E-state index contributed by atoms with van der Waals surface area (Å²) in [4.78, 5) is 10.5. The van der Waals surface area contributed by atoms with Crippen LogP contribution in [0, 0.1) is 17.0 Å². The predicted octanol–water partition coefficient (Wildman–Crippen LogP) is 4.30. The molecule has 0 unspecified atom stereocenters. The van der Waals surface area contributed by atoms with Gasteiger partial charge in [-0.3, -0.25) is 10.1 Å². The first-order chi connectivity index (χ1) is 8.59. The van der Waals surface area contributed by atoms with Crippen LogP contribution < -0.4 is 5.32 Å². The van der Waals surface area contributed by atoms with Gasteiger partial charge in [0, 0.05) is 5.69 Å². The Kier molecular flexibility index (Phi) is 3.48. The van der Waals surface area contributed by atoms with Crippen molar-refractivity contribution in [3.05, 3.63) is 63.2 Å². The van der Waals surface area contributed by atoms with Gasteiger partial charge in [0.2, 0.25) is 0 Å². The first kappa shape index (κ1) is 12.4. The number of benzene rings is 2. The second-order valence-electron chi connectivity index (χ2n) is 3.83. The van der Waals surface area contributed by atoms with Gasteiger partial charge in [0.1, 0.15) is 10.7 Å². The van der Waals surface area contributed by atoms with Crippen LogP contribution in [0.2, 0.25) is 5.02 Å². The first-order valence-electron chi connectivity index (χ1n) is 5.35. The summed E-state index contributed by atoms with van der Waals surface area (Å²) in [7, 11) is 0. The Hall–Kier alpha value is -2.07. The molecule has 0 radical (unpaired) electrons. The molecule has 0 atom stereocenters. The molecule has 5 heteroatoms. The van der Waals surface area contributed by atoms with Gasteiger partial charge in [-0.15, -0.1) is 0 Å². The minimum atomic E-state index is -0.483. The van der Waals surface area contributed by atoms with Crippen LogP contribution in [0.1, 0.15) is 5.56 Å². The van der Waals surface area contributed by atoms with E-state index in [-0.39, 0.29) is 10.7 Å². The number of nitrogens with zero attached hydrogens (tertiary/aromatic N) is 1. The van der Waals surface area contributed by atoms with Crippen molar-refractivity contribution < 1.29 is 4.92 Å². The van der Waals surface area contributed by atoms with E-state index in [1.165, 1.54) is 6.07 Å². The Morgan fingerprint density at radius 1 is 1.11 bits per heavy atom. The Balaban J connectivity index is 2.44. The lowest BCUT2D eigenvalue weighted by atomic mass is 10.2. The highest BCUT2D eigenvalue weighted by Crippen LogP contribution is 2.34. The van der Waals surface area contributed by atoms with Gasteiger partial charge in [0.05, 0.1) is 4.92 Å². The molecular weight excluding hydrogens is 252 g/mol. The average molecular weight is 263 g/mol. The summed E-state index contributed by atoms with van der Waals surface area (Å²) in [5.74, 6) is 0. The number of hydrogen-bond acceptors (Lipinski definition) is 3. The molecule has 0 aliphatic rings. The second kappa shape index (κ2) is 5.06. The molecule has 0 aromatic heterocycles. The van der Waals surface area contributed by atoms with Gasteiger partial charge in [-0.2, -0.15) is 0 Å². The van der Waals surface area contributed by atoms with Crippen molar-refractivity contribution in [2.24, 2.45) is 0 Å². The van der Waals surface area contributed by atoms with Crippen molar-refractivity contribution in [1.82, 2.24) is 0 Å². The number of hydrogen-bond donors (Lipinski definition) is 1. The van der Waals surface area contributed by atoms with Crippen LogP contribution in [0.4, 0.5) is 17.1 Å². The molecule has 0 amide bonds. The van der Waals surface area contributed by atoms with E-state index in [9.17, 15) is 10.1 Å². The van der Waals surface area contributed by atoms with Crippen molar-refractivity contribution in [2.45, 2.75) is 6.92 Å². The quantitative estimate of drug-likeness (QED) is 0.663. The van der Waals surface area contributed by atoms with E-state index in [0.29, 0.717) is 5.69 Å². The lowest BCUT2D eigenvalue weighted by Crippen LogP contribution is -1.98. The summed E-state index contributed by atoms with van der Waals surface area (Å²) in [5.41, 5.74) is 2.11. The molecule has 2 rings (SSSR count). The molecule has 0 saturated heterocycles. The molecule has 0 fully saturated rings. The monoisotopic (exact) mass is 262 g/mol. The minimum absolute atomic E-state index is 0.109. The van der Waals surface area contributed by atoms with Crippen LogP contribution in [-0.4, -0.2) is 4.92 Å². The van der Waals surface area contributed by atoms with Crippen LogP contribution in [0.25, 0.3) is 0 Å². The van der Waals surface area contributed by atoms with Gasteiger partial charge >= 0.3 is 5.69 Å². The lowest BCUT2D eigenvalue weighted by molar-refractivity contribution is -0.383. The maximum absolute atomic E-state index is 11.0. The highest BCUT2D eigenvalue weighted by Gasteiger charge is 2.18. The number of nitro groups is 1. The summed E-state index contributed by atoms with van der Waals surface area (Å²) >= 11 is 5.85. The molecule has 0 heterocycles. The number of aryl methyl sites for hydroxylation is 1. The lowest BCUT2D eigenvalue weighted by Gasteiger charge is -2.10. The van der Waals surface area contributed by atoms with Crippen LogP contribution in [0.15, 0.2) is 42.5 Å². The molecule has 0 aliphatic carbocycles. The SMILES string of the molecule is Cc1ccccc1Nc1cccc(Cl)c1[N+](=O)[O-]. The molecule has 0 saturated carbocycles. The van der Waals surface area contributed by atoms with Crippen molar-refractivity contribution in [2.75, 3.05) is 5.32 Å². The smallest absolute Gasteiger partial charge is 0.311 e. The molecule has 0 spiro atoms. The topological polar surface area (TPSA) is 55.2 Å². The van der Waals surface area contributed by atoms with Crippen LogP contribution >= 0.6 is 11.6 Å². The summed E-state index contributed by atoms with van der Waals surface area (Å²) in [5, 5.41) is 14.2. The van der Waals surface area contributed by atoms with E-state index >= 15 is 0 Å². The molecule has 4 nitrogen and oxygen atoms in total. The molecule has 1 N–H and O–H groups in total. The largest absolute Gasteiger partial charge is 0.350 e. The maximum atomic E-state index is 11.0. The van der Waals surface area contributed by atoms with Crippen LogP contribution in [0.5, 0.6) is 0 Å². The van der Waals surface area contributed by atoms with E-state index in [0.717, 1.165) is 11.3 Å². The number of nitrogens with one attached hydrogen (secondary N) is 1. The van der Waals surface area contributed by atoms with E-state index in [1.807, 2.05) is 31.2 Å². The molecule has 0 bridgehead atoms. The molecular formula is C13H11ClN2O2. The Labute approximate surface area is 109 Å². The summed E-state index contributed by atoms with van der Waals surface area (Å²) in [6, 6.07) is 12.4. The van der Waals surface area contributed by atoms with Crippen LogP contribution in [-0.2, 0) is 0 Å². The molecule has 0 aliphatic heterocycles. The Bertz CT molecular complexity index is 599. The van der Waals surface area contributed by atoms with E-state index in [2.05, 4.69) is 5.32 Å². The highest BCUT2D eigenvalue weighted by atomic mass is 35.5. The Morgan fingerprint density at radius 3 is 2.44 bits per heavy atom. The fraction of sp³-hybridized carbons (Fsp3) is 0.0769. The molecule has 92 valence electrons. The van der Waals surface area contributed by atoms with Gasteiger partial charge < -0.3 is 5.32 Å². The molecule has 18 heavy (non-hydrogen) atoms. The van der Waals surface area contributed by atoms with E-state index < -0.39 is 4.92 Å². The summed E-state index contributed by atoms with van der Waals surface area (Å²) in [6.45, 7) is 1.93. The first-order valence-corrected chi connectivity index (χ1v) is 5.73. The normalized spacial score (nSPS) is 10.1. The van der Waals surface area contributed by atoms with Gasteiger partial charge in [-0.1, -0.05) is 35.9 Å². The summed E-state index contributed by atoms with van der Waals surface area (Å²) in [6.07, 6.45) is 0. The van der Waals surface area contributed by atoms with Crippen LogP contribution in [0.3, 0.4) is 0 Å². The Morgan fingerprint density at radius 2 is 1.78 bits per heavy atom. The van der Waals surface area contributed by atoms with Gasteiger partial charge in [0.25, 0.3) is 0 Å².